The molecule has 1 aromatic carbocycles. The van der Waals surface area contributed by atoms with E-state index in [1.165, 1.54) is 5.56 Å². The van der Waals surface area contributed by atoms with E-state index in [4.69, 9.17) is 0 Å². The first-order valence-corrected chi connectivity index (χ1v) is 6.81. The summed E-state index contributed by atoms with van der Waals surface area (Å²) in [5.74, 6) is 0.884. The highest BCUT2D eigenvalue weighted by molar-refractivity contribution is 9.10. The van der Waals surface area contributed by atoms with Crippen LogP contribution in [0.2, 0.25) is 0 Å². The van der Waals surface area contributed by atoms with Gasteiger partial charge >= 0.3 is 0 Å². The molecule has 0 radical (unpaired) electrons. The molecule has 1 aromatic heterocycles. The van der Waals surface area contributed by atoms with Crippen LogP contribution in [-0.2, 0) is 0 Å². The van der Waals surface area contributed by atoms with E-state index in [-0.39, 0.29) is 0 Å². The number of nitrogens with one attached hydrogen (secondary N) is 1. The fraction of sp³-hybridized carbons (Fsp3) is 0.154. The van der Waals surface area contributed by atoms with Gasteiger partial charge in [0.05, 0.1) is 0 Å². The summed E-state index contributed by atoms with van der Waals surface area (Å²) in [5.41, 5.74) is 3.35. The molecule has 0 amide bonds. The summed E-state index contributed by atoms with van der Waals surface area (Å²) in [5, 5.41) is 3.35. The Morgan fingerprint density at radius 3 is 2.65 bits per heavy atom. The molecule has 2 aromatic rings. The van der Waals surface area contributed by atoms with Crippen LogP contribution in [0, 0.1) is 13.8 Å². The fourth-order valence-corrected chi connectivity index (χ4v) is 2.35. The highest BCUT2D eigenvalue weighted by atomic mass is 79.9. The molecule has 2 nitrogen and oxygen atoms in total. The van der Waals surface area contributed by atoms with Crippen LogP contribution in [0.15, 0.2) is 39.4 Å². The molecule has 0 saturated carbocycles. The Kier molecular flexibility index (Phi) is 3.84. The highest BCUT2D eigenvalue weighted by Gasteiger charge is 2.05. The maximum atomic E-state index is 4.37. The molecule has 0 fully saturated rings. The van der Waals surface area contributed by atoms with E-state index in [1.807, 2.05) is 31.2 Å². The van der Waals surface area contributed by atoms with Gasteiger partial charge in [0.2, 0.25) is 0 Å². The standard InChI is InChI=1S/C13H12Br2N2/c1-8-6-10(14)7-16-13(8)17-12-5-3-4-11(15)9(12)2/h3-7H,1-2H3,(H,16,17). The lowest BCUT2D eigenvalue weighted by molar-refractivity contribution is 1.23. The lowest BCUT2D eigenvalue weighted by Crippen LogP contribution is -1.98. The summed E-state index contributed by atoms with van der Waals surface area (Å²) in [6.45, 7) is 4.11. The minimum absolute atomic E-state index is 0.884. The van der Waals surface area contributed by atoms with Crippen LogP contribution in [0.1, 0.15) is 11.1 Å². The van der Waals surface area contributed by atoms with Crippen molar-refractivity contribution in [2.24, 2.45) is 0 Å². The molecular weight excluding hydrogens is 344 g/mol. The van der Waals surface area contributed by atoms with E-state index in [1.54, 1.807) is 6.20 Å². The van der Waals surface area contributed by atoms with Crippen molar-refractivity contribution >= 4 is 43.4 Å². The Bertz CT molecular complexity index is 553. The number of aryl methyl sites for hydroxylation is 1. The average molecular weight is 356 g/mol. The normalized spacial score (nSPS) is 10.4. The molecule has 0 unspecified atom stereocenters. The van der Waals surface area contributed by atoms with Crippen molar-refractivity contribution in [3.8, 4) is 0 Å². The van der Waals surface area contributed by atoms with Crippen molar-refractivity contribution in [2.75, 3.05) is 5.32 Å². The highest BCUT2D eigenvalue weighted by Crippen LogP contribution is 2.27. The number of halogens is 2. The maximum absolute atomic E-state index is 4.37. The maximum Gasteiger partial charge on any atom is 0.133 e. The zero-order valence-electron chi connectivity index (χ0n) is 9.59. The van der Waals surface area contributed by atoms with Crippen LogP contribution >= 0.6 is 31.9 Å². The molecule has 1 heterocycles. The molecule has 0 aliphatic heterocycles. The summed E-state index contributed by atoms with van der Waals surface area (Å²) in [6.07, 6.45) is 1.79. The van der Waals surface area contributed by atoms with Crippen LogP contribution in [-0.4, -0.2) is 4.98 Å². The van der Waals surface area contributed by atoms with Gasteiger partial charge in [0.1, 0.15) is 5.82 Å². The van der Waals surface area contributed by atoms with E-state index in [0.29, 0.717) is 0 Å². The van der Waals surface area contributed by atoms with Gasteiger partial charge in [0.15, 0.2) is 0 Å². The topological polar surface area (TPSA) is 24.9 Å². The van der Waals surface area contributed by atoms with Crippen molar-refractivity contribution in [1.82, 2.24) is 4.98 Å². The average Bonchev–Trinajstić information content (AvgIpc) is 2.28. The van der Waals surface area contributed by atoms with Crippen molar-refractivity contribution in [2.45, 2.75) is 13.8 Å². The Morgan fingerprint density at radius 2 is 1.94 bits per heavy atom. The van der Waals surface area contributed by atoms with Gasteiger partial charge < -0.3 is 5.32 Å². The third-order valence-electron chi connectivity index (χ3n) is 2.57. The third kappa shape index (κ3) is 2.87. The molecule has 0 spiro atoms. The number of hydrogen-bond donors (Lipinski definition) is 1. The van der Waals surface area contributed by atoms with Gasteiger partial charge in [0.25, 0.3) is 0 Å². The first-order valence-electron chi connectivity index (χ1n) is 5.22. The summed E-state index contributed by atoms with van der Waals surface area (Å²) >= 11 is 6.93. The minimum atomic E-state index is 0.884. The Balaban J connectivity index is 2.35. The molecule has 2 rings (SSSR count). The van der Waals surface area contributed by atoms with E-state index >= 15 is 0 Å². The van der Waals surface area contributed by atoms with Gasteiger partial charge in [-0.15, -0.1) is 0 Å². The zero-order chi connectivity index (χ0) is 12.4. The lowest BCUT2D eigenvalue weighted by atomic mass is 10.2. The number of hydrogen-bond acceptors (Lipinski definition) is 2. The second-order valence-electron chi connectivity index (χ2n) is 3.86. The first kappa shape index (κ1) is 12.6. The van der Waals surface area contributed by atoms with Crippen molar-refractivity contribution < 1.29 is 0 Å². The van der Waals surface area contributed by atoms with E-state index < -0.39 is 0 Å². The molecule has 17 heavy (non-hydrogen) atoms. The number of pyridine rings is 1. The molecule has 1 N–H and O–H groups in total. The van der Waals surface area contributed by atoms with E-state index in [2.05, 4.69) is 49.1 Å². The molecule has 0 aliphatic carbocycles. The quantitative estimate of drug-likeness (QED) is 0.822. The largest absolute Gasteiger partial charge is 0.340 e. The van der Waals surface area contributed by atoms with Gasteiger partial charge in [-0.05, 0) is 59.1 Å². The molecule has 4 heteroatoms. The van der Waals surface area contributed by atoms with Crippen LogP contribution in [0.3, 0.4) is 0 Å². The SMILES string of the molecule is Cc1cc(Br)cnc1Nc1cccc(Br)c1C. The predicted octanol–water partition coefficient (Wildman–Crippen LogP) is 4.97. The monoisotopic (exact) mass is 354 g/mol. The van der Waals surface area contributed by atoms with Gasteiger partial charge in [-0.3, -0.25) is 0 Å². The van der Waals surface area contributed by atoms with Crippen molar-refractivity contribution in [1.29, 1.82) is 0 Å². The van der Waals surface area contributed by atoms with Gasteiger partial charge in [-0.25, -0.2) is 4.98 Å². The molecule has 0 saturated heterocycles. The van der Waals surface area contributed by atoms with E-state index in [0.717, 1.165) is 26.0 Å². The van der Waals surface area contributed by atoms with Gasteiger partial charge in [-0.2, -0.15) is 0 Å². The van der Waals surface area contributed by atoms with Crippen molar-refractivity contribution in [3.63, 3.8) is 0 Å². The minimum Gasteiger partial charge on any atom is -0.340 e. The summed E-state index contributed by atoms with van der Waals surface area (Å²) < 4.78 is 2.09. The second-order valence-corrected chi connectivity index (χ2v) is 5.63. The third-order valence-corrected chi connectivity index (χ3v) is 3.86. The number of nitrogens with zero attached hydrogens (tertiary/aromatic N) is 1. The molecule has 0 aliphatic rings. The smallest absolute Gasteiger partial charge is 0.133 e. The fourth-order valence-electron chi connectivity index (χ4n) is 1.54. The summed E-state index contributed by atoms with van der Waals surface area (Å²) in [6, 6.07) is 8.13. The Hall–Kier alpha value is -0.870. The zero-order valence-corrected chi connectivity index (χ0v) is 12.8. The van der Waals surface area contributed by atoms with Crippen LogP contribution < -0.4 is 5.32 Å². The lowest BCUT2D eigenvalue weighted by Gasteiger charge is -2.12. The number of anilines is 2. The second kappa shape index (κ2) is 5.19. The molecule has 0 bridgehead atoms. The van der Waals surface area contributed by atoms with Crippen LogP contribution in [0.25, 0.3) is 0 Å². The van der Waals surface area contributed by atoms with Gasteiger partial charge in [-0.1, -0.05) is 22.0 Å². The van der Waals surface area contributed by atoms with Crippen LogP contribution in [0.4, 0.5) is 11.5 Å². The molecule has 88 valence electrons. The predicted molar refractivity (Wildman–Crippen MR) is 78.8 cm³/mol. The number of aromatic nitrogens is 1. The first-order chi connectivity index (χ1) is 8.08. The van der Waals surface area contributed by atoms with Gasteiger partial charge in [0, 0.05) is 20.8 Å². The summed E-state index contributed by atoms with van der Waals surface area (Å²) in [7, 11) is 0. The Morgan fingerprint density at radius 1 is 1.18 bits per heavy atom. The Labute approximate surface area is 118 Å². The number of benzene rings is 1. The summed E-state index contributed by atoms with van der Waals surface area (Å²) in [4.78, 5) is 4.37. The molecular formula is C13H12Br2N2. The van der Waals surface area contributed by atoms with Crippen molar-refractivity contribution in [3.05, 3.63) is 50.5 Å². The van der Waals surface area contributed by atoms with Crippen LogP contribution in [0.5, 0.6) is 0 Å². The van der Waals surface area contributed by atoms with E-state index in [9.17, 15) is 0 Å². The number of rotatable bonds is 2. The molecule has 0 atom stereocenters.